The van der Waals surface area contributed by atoms with Gasteiger partial charge in [0, 0.05) is 17.6 Å². The molecule has 2 fully saturated rings. The molecule has 6 rings (SSSR count). The van der Waals surface area contributed by atoms with Crippen LogP contribution in [-0.4, -0.2) is 74.9 Å². The predicted octanol–water partition coefficient (Wildman–Crippen LogP) is 4.16. The first kappa shape index (κ1) is 26.5. The quantitative estimate of drug-likeness (QED) is 0.452. The molecule has 2 N–H and O–H groups in total. The fourth-order valence-corrected chi connectivity index (χ4v) is 6.41. The molecule has 1 saturated carbocycles. The molecule has 1 amide bonds. The van der Waals surface area contributed by atoms with Crippen molar-refractivity contribution in [3.8, 4) is 11.4 Å². The van der Waals surface area contributed by atoms with Crippen LogP contribution in [0.1, 0.15) is 79.9 Å². The van der Waals surface area contributed by atoms with E-state index in [1.807, 2.05) is 25.3 Å². The van der Waals surface area contributed by atoms with Crippen molar-refractivity contribution >= 4 is 23.4 Å². The smallest absolute Gasteiger partial charge is 0.251 e. The van der Waals surface area contributed by atoms with Crippen LogP contribution in [0.5, 0.6) is 5.75 Å². The Bertz CT molecular complexity index is 1380. The van der Waals surface area contributed by atoms with Gasteiger partial charge in [-0.15, -0.1) is 10.2 Å². The third-order valence-electron chi connectivity index (χ3n) is 8.59. The van der Waals surface area contributed by atoms with Crippen LogP contribution in [0.15, 0.2) is 24.4 Å². The summed E-state index contributed by atoms with van der Waals surface area (Å²) < 4.78 is 7.77. The number of aromatic nitrogens is 5. The van der Waals surface area contributed by atoms with Crippen LogP contribution in [0.4, 0.5) is 17.5 Å². The highest BCUT2D eigenvalue weighted by molar-refractivity contribution is 5.95. The summed E-state index contributed by atoms with van der Waals surface area (Å²) >= 11 is 0. The molecule has 0 radical (unpaired) electrons. The monoisotopic (exact) mass is 545 g/mol. The van der Waals surface area contributed by atoms with Gasteiger partial charge in [0.05, 0.1) is 25.0 Å². The van der Waals surface area contributed by atoms with Gasteiger partial charge in [-0.2, -0.15) is 4.98 Å². The number of nitrogens with zero attached hydrogens (tertiary/aromatic N) is 7. The molecule has 0 spiro atoms. The standard InChI is InChI=1S/C29H39N9O2/c1-5-23-27-35-34-18(2)37(27)24-17-30-29(33-26(24)38(23)21-8-6-7-9-21)32-22-11-10-19(16-25(22)40-4)28(39)31-20-12-14-36(3)15-13-20/h10-11,16-17,20-21,23H,5-9,12-15H2,1-4H3,(H,31,39)(H,30,32,33)/t23-/m1/s1. The highest BCUT2D eigenvalue weighted by Gasteiger charge is 2.39. The van der Waals surface area contributed by atoms with Crippen LogP contribution in [0.25, 0.3) is 5.69 Å². The molecule has 3 aromatic rings. The number of ether oxygens (including phenoxy) is 1. The molecule has 4 heterocycles. The number of amides is 1. The maximum absolute atomic E-state index is 13.0. The first-order valence-corrected chi connectivity index (χ1v) is 14.5. The lowest BCUT2D eigenvalue weighted by Crippen LogP contribution is -2.43. The Morgan fingerprint density at radius 1 is 1.12 bits per heavy atom. The maximum atomic E-state index is 13.0. The zero-order valence-corrected chi connectivity index (χ0v) is 23.9. The first-order chi connectivity index (χ1) is 19.5. The lowest BCUT2D eigenvalue weighted by molar-refractivity contribution is 0.0916. The van der Waals surface area contributed by atoms with E-state index in [9.17, 15) is 4.79 Å². The van der Waals surface area contributed by atoms with E-state index in [1.165, 1.54) is 12.8 Å². The predicted molar refractivity (Wildman–Crippen MR) is 154 cm³/mol. The van der Waals surface area contributed by atoms with Gasteiger partial charge in [0.25, 0.3) is 5.91 Å². The van der Waals surface area contributed by atoms with Crippen molar-refractivity contribution in [2.24, 2.45) is 0 Å². The van der Waals surface area contributed by atoms with E-state index in [1.54, 1.807) is 13.2 Å². The maximum Gasteiger partial charge on any atom is 0.251 e. The fraction of sp³-hybridized carbons (Fsp3) is 0.552. The minimum Gasteiger partial charge on any atom is -0.495 e. The lowest BCUT2D eigenvalue weighted by atomic mass is 10.0. The molecule has 0 bridgehead atoms. The normalized spacial score (nSPS) is 19.8. The van der Waals surface area contributed by atoms with Gasteiger partial charge in [0.1, 0.15) is 17.3 Å². The summed E-state index contributed by atoms with van der Waals surface area (Å²) in [7, 11) is 3.72. The van der Waals surface area contributed by atoms with Crippen molar-refractivity contribution < 1.29 is 9.53 Å². The molecule has 3 aliphatic rings. The van der Waals surface area contributed by atoms with Crippen LogP contribution < -0.4 is 20.3 Å². The van der Waals surface area contributed by atoms with E-state index in [0.29, 0.717) is 29.0 Å². The van der Waals surface area contributed by atoms with Crippen LogP contribution in [0, 0.1) is 6.92 Å². The minimum atomic E-state index is -0.0811. The second-order valence-electron chi connectivity index (χ2n) is 11.2. The number of hydrogen-bond donors (Lipinski definition) is 2. The topological polar surface area (TPSA) is 113 Å². The first-order valence-electron chi connectivity index (χ1n) is 14.5. The summed E-state index contributed by atoms with van der Waals surface area (Å²) in [5, 5.41) is 15.5. The number of piperidine rings is 1. The SMILES string of the molecule is CC[C@@H]1c2nnc(C)n2-c2cnc(Nc3ccc(C(=O)NC4CCN(C)CC4)cc3OC)nc2N1C1CCCC1. The van der Waals surface area contributed by atoms with Gasteiger partial charge in [-0.25, -0.2) is 4.98 Å². The summed E-state index contributed by atoms with van der Waals surface area (Å²) in [4.78, 5) is 27.4. The van der Waals surface area contributed by atoms with E-state index < -0.39 is 0 Å². The van der Waals surface area contributed by atoms with Crippen molar-refractivity contribution in [3.63, 3.8) is 0 Å². The summed E-state index contributed by atoms with van der Waals surface area (Å²) in [6, 6.07) is 6.16. The van der Waals surface area contributed by atoms with Gasteiger partial charge in [-0.3, -0.25) is 9.36 Å². The molecule has 0 unspecified atom stereocenters. The summed E-state index contributed by atoms with van der Waals surface area (Å²) in [6.07, 6.45) is 9.43. The van der Waals surface area contributed by atoms with Crippen molar-refractivity contribution in [2.75, 3.05) is 37.5 Å². The number of likely N-dealkylation sites (tertiary alicyclic amines) is 1. The van der Waals surface area contributed by atoms with Gasteiger partial charge < -0.3 is 25.2 Å². The summed E-state index contributed by atoms with van der Waals surface area (Å²) in [6.45, 7) is 6.15. The summed E-state index contributed by atoms with van der Waals surface area (Å²) in [5.41, 5.74) is 2.18. The zero-order chi connectivity index (χ0) is 27.8. The number of aryl methyl sites for hydroxylation is 1. The van der Waals surface area contributed by atoms with Crippen LogP contribution in [0.3, 0.4) is 0 Å². The highest BCUT2D eigenvalue weighted by atomic mass is 16.5. The zero-order valence-electron chi connectivity index (χ0n) is 23.9. The molecular weight excluding hydrogens is 506 g/mol. The number of benzene rings is 1. The van der Waals surface area contributed by atoms with Gasteiger partial charge >= 0.3 is 0 Å². The molecule has 11 nitrogen and oxygen atoms in total. The minimum absolute atomic E-state index is 0.0811. The average molecular weight is 546 g/mol. The Kier molecular flexibility index (Phi) is 7.31. The molecule has 1 aromatic carbocycles. The number of carbonyl (C=O) groups excluding carboxylic acids is 1. The van der Waals surface area contributed by atoms with E-state index >= 15 is 0 Å². The molecule has 1 aliphatic carbocycles. The molecule has 2 aliphatic heterocycles. The van der Waals surface area contributed by atoms with E-state index in [-0.39, 0.29) is 18.0 Å². The number of nitrogens with one attached hydrogen (secondary N) is 2. The van der Waals surface area contributed by atoms with Gasteiger partial charge in [0.15, 0.2) is 11.6 Å². The van der Waals surface area contributed by atoms with Crippen LogP contribution in [-0.2, 0) is 0 Å². The van der Waals surface area contributed by atoms with E-state index in [2.05, 4.69) is 54.2 Å². The van der Waals surface area contributed by atoms with E-state index in [0.717, 1.165) is 68.3 Å². The molecule has 11 heteroatoms. The average Bonchev–Trinajstić information content (AvgIpc) is 3.64. The van der Waals surface area contributed by atoms with Crippen molar-refractivity contribution in [2.45, 2.75) is 76.9 Å². The van der Waals surface area contributed by atoms with Gasteiger partial charge in [0.2, 0.25) is 5.95 Å². The Hall–Kier alpha value is -3.73. The Labute approximate surface area is 235 Å². The molecule has 1 atom stereocenters. The number of carbonyl (C=O) groups is 1. The Morgan fingerprint density at radius 2 is 1.90 bits per heavy atom. The Morgan fingerprint density at radius 3 is 2.62 bits per heavy atom. The number of fused-ring (bicyclic) bond motifs is 3. The highest BCUT2D eigenvalue weighted by Crippen LogP contribution is 2.43. The number of methoxy groups -OCH3 is 1. The van der Waals surface area contributed by atoms with E-state index in [4.69, 9.17) is 9.72 Å². The summed E-state index contributed by atoms with van der Waals surface area (Å²) in [5.74, 6) is 3.66. The molecular formula is C29H39N9O2. The van der Waals surface area contributed by atoms with Gasteiger partial charge in [-0.1, -0.05) is 19.8 Å². The van der Waals surface area contributed by atoms with Crippen molar-refractivity contribution in [1.82, 2.24) is 34.9 Å². The van der Waals surface area contributed by atoms with Gasteiger partial charge in [-0.05, 0) is 77.4 Å². The van der Waals surface area contributed by atoms with Crippen LogP contribution >= 0.6 is 0 Å². The second-order valence-corrected chi connectivity index (χ2v) is 11.2. The number of rotatable bonds is 7. The lowest BCUT2D eigenvalue weighted by Gasteiger charge is -2.41. The third-order valence-corrected chi connectivity index (χ3v) is 8.59. The number of anilines is 3. The fourth-order valence-electron chi connectivity index (χ4n) is 6.41. The molecule has 2 aromatic heterocycles. The molecule has 40 heavy (non-hydrogen) atoms. The second kappa shape index (κ2) is 11.0. The third kappa shape index (κ3) is 4.87. The Balaban J connectivity index is 1.28. The molecule has 212 valence electrons. The van der Waals surface area contributed by atoms with Crippen molar-refractivity contribution in [3.05, 3.63) is 41.6 Å². The number of hydrogen-bond acceptors (Lipinski definition) is 9. The largest absolute Gasteiger partial charge is 0.495 e. The van der Waals surface area contributed by atoms with Crippen LogP contribution in [0.2, 0.25) is 0 Å². The van der Waals surface area contributed by atoms with Crippen molar-refractivity contribution in [1.29, 1.82) is 0 Å². The molecule has 1 saturated heterocycles.